The quantitative estimate of drug-likeness (QED) is 0.756. The second-order valence-electron chi connectivity index (χ2n) is 5.12. The fourth-order valence-electron chi connectivity index (χ4n) is 2.50. The van der Waals surface area contributed by atoms with Gasteiger partial charge in [-0.2, -0.15) is 0 Å². The fraction of sp³-hybridized carbons (Fsp3) is 0.176. The molecule has 0 fully saturated rings. The Hall–Kier alpha value is -2.13. The predicted octanol–water partition coefficient (Wildman–Crippen LogP) is 4.24. The molecule has 102 valence electrons. The first kappa shape index (κ1) is 12.9. The van der Waals surface area contributed by atoms with E-state index in [1.807, 2.05) is 38.1 Å². The molecule has 0 saturated heterocycles. The van der Waals surface area contributed by atoms with E-state index in [4.69, 9.17) is 10.2 Å². The average Bonchev–Trinajstić information content (AvgIpc) is 2.74. The van der Waals surface area contributed by atoms with Crippen LogP contribution in [0.15, 0.2) is 46.9 Å². The van der Waals surface area contributed by atoms with E-state index in [1.54, 1.807) is 6.07 Å². The molecule has 0 saturated carbocycles. The number of furan rings is 1. The van der Waals surface area contributed by atoms with Crippen LogP contribution in [0.2, 0.25) is 0 Å². The van der Waals surface area contributed by atoms with Crippen LogP contribution in [0.5, 0.6) is 0 Å². The van der Waals surface area contributed by atoms with Crippen LogP contribution in [0, 0.1) is 19.7 Å². The molecule has 20 heavy (non-hydrogen) atoms. The predicted molar refractivity (Wildman–Crippen MR) is 78.1 cm³/mol. The van der Waals surface area contributed by atoms with Crippen molar-refractivity contribution in [2.75, 3.05) is 0 Å². The van der Waals surface area contributed by atoms with Crippen molar-refractivity contribution in [1.82, 2.24) is 0 Å². The number of fused-ring (bicyclic) bond motifs is 1. The van der Waals surface area contributed by atoms with E-state index >= 15 is 0 Å². The van der Waals surface area contributed by atoms with Crippen molar-refractivity contribution in [3.63, 3.8) is 0 Å². The van der Waals surface area contributed by atoms with E-state index in [0.717, 1.165) is 22.1 Å². The molecule has 3 rings (SSSR count). The van der Waals surface area contributed by atoms with Gasteiger partial charge in [0.2, 0.25) is 0 Å². The topological polar surface area (TPSA) is 39.2 Å². The highest BCUT2D eigenvalue weighted by molar-refractivity contribution is 5.83. The molecular weight excluding hydrogens is 253 g/mol. The van der Waals surface area contributed by atoms with Gasteiger partial charge < -0.3 is 10.2 Å². The Morgan fingerprint density at radius 2 is 1.90 bits per heavy atom. The first-order chi connectivity index (χ1) is 9.56. The Bertz CT molecular complexity index is 776. The summed E-state index contributed by atoms with van der Waals surface area (Å²) in [6, 6.07) is 11.9. The van der Waals surface area contributed by atoms with Gasteiger partial charge in [-0.05, 0) is 43.2 Å². The first-order valence-corrected chi connectivity index (χ1v) is 6.57. The molecule has 2 aromatic carbocycles. The summed E-state index contributed by atoms with van der Waals surface area (Å²) in [4.78, 5) is 0. The number of benzene rings is 2. The minimum Gasteiger partial charge on any atom is -0.459 e. The van der Waals surface area contributed by atoms with Gasteiger partial charge in [0.05, 0.1) is 6.04 Å². The lowest BCUT2D eigenvalue weighted by Crippen LogP contribution is -2.12. The van der Waals surface area contributed by atoms with Gasteiger partial charge in [0, 0.05) is 10.9 Å². The molecule has 2 N–H and O–H groups in total. The Morgan fingerprint density at radius 1 is 1.10 bits per heavy atom. The van der Waals surface area contributed by atoms with Gasteiger partial charge in [-0.1, -0.05) is 24.3 Å². The van der Waals surface area contributed by atoms with Crippen LogP contribution in [0.25, 0.3) is 11.0 Å². The third kappa shape index (κ3) is 2.10. The molecule has 1 unspecified atom stereocenters. The lowest BCUT2D eigenvalue weighted by Gasteiger charge is -2.10. The maximum atomic E-state index is 13.3. The van der Waals surface area contributed by atoms with Gasteiger partial charge in [0.1, 0.15) is 17.2 Å². The average molecular weight is 269 g/mol. The first-order valence-electron chi connectivity index (χ1n) is 6.57. The molecule has 0 bridgehead atoms. The van der Waals surface area contributed by atoms with Crippen molar-refractivity contribution in [1.29, 1.82) is 0 Å². The molecule has 0 aliphatic heterocycles. The number of rotatable bonds is 2. The van der Waals surface area contributed by atoms with Crippen LogP contribution >= 0.6 is 0 Å². The minimum atomic E-state index is -0.460. The third-order valence-corrected chi connectivity index (χ3v) is 3.62. The summed E-state index contributed by atoms with van der Waals surface area (Å²) in [5.74, 6) is 0.402. The lowest BCUT2D eigenvalue weighted by molar-refractivity contribution is 0.519. The molecule has 3 aromatic rings. The van der Waals surface area contributed by atoms with E-state index in [2.05, 4.69) is 0 Å². The number of hydrogen-bond donors (Lipinski definition) is 1. The summed E-state index contributed by atoms with van der Waals surface area (Å²) in [5, 5.41) is 1.05. The molecule has 0 spiro atoms. The molecule has 2 nitrogen and oxygen atoms in total. The number of aryl methyl sites for hydroxylation is 2. The Labute approximate surface area is 117 Å². The normalized spacial score (nSPS) is 12.8. The van der Waals surface area contributed by atoms with E-state index in [-0.39, 0.29) is 5.82 Å². The largest absolute Gasteiger partial charge is 0.459 e. The van der Waals surface area contributed by atoms with Gasteiger partial charge in [-0.25, -0.2) is 4.39 Å². The van der Waals surface area contributed by atoms with E-state index < -0.39 is 6.04 Å². The summed E-state index contributed by atoms with van der Waals surface area (Å²) in [6.45, 7) is 4.00. The van der Waals surface area contributed by atoms with Gasteiger partial charge in [-0.15, -0.1) is 0 Å². The van der Waals surface area contributed by atoms with Crippen molar-refractivity contribution in [3.05, 3.63) is 70.7 Å². The maximum Gasteiger partial charge on any atom is 0.134 e. The Morgan fingerprint density at radius 3 is 2.65 bits per heavy atom. The van der Waals surface area contributed by atoms with Crippen LogP contribution in [-0.4, -0.2) is 0 Å². The summed E-state index contributed by atoms with van der Waals surface area (Å²) >= 11 is 0. The number of hydrogen-bond acceptors (Lipinski definition) is 2. The zero-order chi connectivity index (χ0) is 14.3. The van der Waals surface area contributed by atoms with Gasteiger partial charge in [0.25, 0.3) is 0 Å². The molecule has 3 heteroatoms. The Kier molecular flexibility index (Phi) is 3.07. The molecule has 1 heterocycles. The van der Waals surface area contributed by atoms with Crippen molar-refractivity contribution in [3.8, 4) is 0 Å². The van der Waals surface area contributed by atoms with Crippen molar-refractivity contribution in [2.45, 2.75) is 19.9 Å². The van der Waals surface area contributed by atoms with Crippen molar-refractivity contribution >= 4 is 11.0 Å². The van der Waals surface area contributed by atoms with Crippen molar-refractivity contribution in [2.24, 2.45) is 5.73 Å². The van der Waals surface area contributed by atoms with Gasteiger partial charge in [-0.3, -0.25) is 0 Å². The molecule has 0 aliphatic carbocycles. The van der Waals surface area contributed by atoms with Crippen LogP contribution < -0.4 is 5.73 Å². The molecule has 0 amide bonds. The highest BCUT2D eigenvalue weighted by Gasteiger charge is 2.19. The van der Waals surface area contributed by atoms with Gasteiger partial charge in [0.15, 0.2) is 0 Å². The summed E-state index contributed by atoms with van der Waals surface area (Å²) in [6.07, 6.45) is 0. The molecular formula is C17H16FNO. The minimum absolute atomic E-state index is 0.289. The second kappa shape index (κ2) is 4.76. The van der Waals surface area contributed by atoms with E-state index in [0.29, 0.717) is 11.3 Å². The SMILES string of the molecule is Cc1ccc2c(C)c(C(N)c3cccc(F)c3)oc2c1. The van der Waals surface area contributed by atoms with Crippen LogP contribution in [0.4, 0.5) is 4.39 Å². The standard InChI is InChI=1S/C17H16FNO/c1-10-6-7-14-11(2)17(20-15(14)8-10)16(19)12-4-3-5-13(18)9-12/h3-9,16H,19H2,1-2H3. The summed E-state index contributed by atoms with van der Waals surface area (Å²) in [5.41, 5.74) is 9.91. The third-order valence-electron chi connectivity index (χ3n) is 3.62. The number of halogens is 1. The molecule has 0 aliphatic rings. The van der Waals surface area contributed by atoms with E-state index in [1.165, 1.54) is 12.1 Å². The number of nitrogens with two attached hydrogens (primary N) is 1. The maximum absolute atomic E-state index is 13.3. The smallest absolute Gasteiger partial charge is 0.134 e. The van der Waals surface area contributed by atoms with Gasteiger partial charge >= 0.3 is 0 Å². The highest BCUT2D eigenvalue weighted by atomic mass is 19.1. The van der Waals surface area contributed by atoms with Crippen molar-refractivity contribution < 1.29 is 8.81 Å². The monoisotopic (exact) mass is 269 g/mol. The zero-order valence-electron chi connectivity index (χ0n) is 11.5. The second-order valence-corrected chi connectivity index (χ2v) is 5.12. The summed E-state index contributed by atoms with van der Waals surface area (Å²) < 4.78 is 19.2. The van der Waals surface area contributed by atoms with Crippen LogP contribution in [-0.2, 0) is 0 Å². The fourth-order valence-corrected chi connectivity index (χ4v) is 2.50. The highest BCUT2D eigenvalue weighted by Crippen LogP contribution is 2.32. The van der Waals surface area contributed by atoms with E-state index in [9.17, 15) is 4.39 Å². The Balaban J connectivity index is 2.12. The molecule has 1 aromatic heterocycles. The summed E-state index contributed by atoms with van der Waals surface area (Å²) in [7, 11) is 0. The van der Waals surface area contributed by atoms with Crippen LogP contribution in [0.3, 0.4) is 0 Å². The molecule has 1 atom stereocenters. The molecule has 0 radical (unpaired) electrons. The lowest BCUT2D eigenvalue weighted by atomic mass is 10.0. The zero-order valence-corrected chi connectivity index (χ0v) is 11.5. The van der Waals surface area contributed by atoms with Crippen LogP contribution in [0.1, 0.15) is 28.5 Å².